The number of hydroxylamine groups is 2. The van der Waals surface area contributed by atoms with Crippen molar-refractivity contribution in [3.05, 3.63) is 0 Å². The zero-order chi connectivity index (χ0) is 12.3. The minimum atomic E-state index is -4.34. The lowest BCUT2D eigenvalue weighted by Crippen LogP contribution is -2.33. The average Bonchev–Trinajstić information content (AvgIpc) is 2.46. The summed E-state index contributed by atoms with van der Waals surface area (Å²) in [6, 6.07) is 0. The second-order valence-electron chi connectivity index (χ2n) is 3.12. The van der Waals surface area contributed by atoms with Crippen LogP contribution in [0, 0.1) is 0 Å². The molecular weight excluding hydrogens is 237 g/mol. The van der Waals surface area contributed by atoms with Gasteiger partial charge in [-0.05, 0) is 13.8 Å². The highest BCUT2D eigenvalue weighted by Crippen LogP contribution is 2.47. The zero-order valence-corrected chi connectivity index (χ0v) is 9.94. The van der Waals surface area contributed by atoms with E-state index in [0.717, 1.165) is 0 Å². The van der Waals surface area contributed by atoms with Crippen LogP contribution in [0.15, 0.2) is 0 Å². The predicted molar refractivity (Wildman–Crippen MR) is 51.1 cm³/mol. The highest BCUT2D eigenvalue weighted by atomic mass is 31.2. The van der Waals surface area contributed by atoms with Gasteiger partial charge in [-0.3, -0.25) is 14.4 Å². The van der Waals surface area contributed by atoms with Crippen LogP contribution in [0.4, 0.5) is 0 Å². The highest BCUT2D eigenvalue weighted by molar-refractivity contribution is 7.53. The molecular formula is C8H13NO6P-. The van der Waals surface area contributed by atoms with Gasteiger partial charge in [-0.1, -0.05) is 0 Å². The molecule has 2 unspecified atom stereocenters. The first-order valence-electron chi connectivity index (χ1n) is 4.89. The third-order valence-corrected chi connectivity index (χ3v) is 3.81. The van der Waals surface area contributed by atoms with Crippen LogP contribution in [-0.4, -0.2) is 35.8 Å². The topological polar surface area (TPSA) is 96.0 Å². The van der Waals surface area contributed by atoms with Gasteiger partial charge < -0.3 is 14.0 Å². The molecule has 2 amide bonds. The molecule has 2 atom stereocenters. The van der Waals surface area contributed by atoms with Crippen molar-refractivity contribution >= 4 is 19.4 Å². The average molecular weight is 250 g/mol. The van der Waals surface area contributed by atoms with Gasteiger partial charge in [0.2, 0.25) is 0 Å². The summed E-state index contributed by atoms with van der Waals surface area (Å²) < 4.78 is 16.0. The lowest BCUT2D eigenvalue weighted by Gasteiger charge is -2.26. The Hall–Kier alpha value is -0.750. The predicted octanol–water partition coefficient (Wildman–Crippen LogP) is -0.345. The molecule has 0 aromatic heterocycles. The van der Waals surface area contributed by atoms with Crippen molar-refractivity contribution in [3.8, 4) is 0 Å². The Bertz CT molecular complexity index is 343. The van der Waals surface area contributed by atoms with Crippen LogP contribution < -0.4 is 4.89 Å². The number of rotatable bonds is 5. The van der Waals surface area contributed by atoms with E-state index in [1.54, 1.807) is 6.92 Å². The Kier molecular flexibility index (Phi) is 4.21. The van der Waals surface area contributed by atoms with Crippen LogP contribution in [-0.2, 0) is 23.5 Å². The number of imide groups is 1. The molecule has 0 saturated carbocycles. The van der Waals surface area contributed by atoms with Crippen LogP contribution >= 0.6 is 7.60 Å². The summed E-state index contributed by atoms with van der Waals surface area (Å²) in [6.07, 6.45) is -0.417. The minimum Gasteiger partial charge on any atom is -0.778 e. The van der Waals surface area contributed by atoms with Crippen molar-refractivity contribution in [2.75, 3.05) is 13.2 Å². The summed E-state index contributed by atoms with van der Waals surface area (Å²) in [4.78, 5) is 39.1. The van der Waals surface area contributed by atoms with Crippen molar-refractivity contribution in [1.29, 1.82) is 0 Å². The summed E-state index contributed by atoms with van der Waals surface area (Å²) in [5.74, 6) is -1.54. The molecule has 1 rings (SSSR count). The van der Waals surface area contributed by atoms with Crippen LogP contribution in [0.2, 0.25) is 0 Å². The number of nitrogens with zero attached hydrogens (tertiary/aromatic N) is 1. The SMILES string of the molecule is CCON1C(=O)CC(P(=O)([O-])OCC)C1=O. The molecule has 0 bridgehead atoms. The van der Waals surface area contributed by atoms with E-state index in [1.807, 2.05) is 0 Å². The van der Waals surface area contributed by atoms with Gasteiger partial charge in [-0.2, -0.15) is 5.06 Å². The van der Waals surface area contributed by atoms with E-state index in [4.69, 9.17) is 4.84 Å². The Morgan fingerprint density at radius 3 is 2.56 bits per heavy atom. The van der Waals surface area contributed by atoms with Crippen molar-refractivity contribution in [3.63, 3.8) is 0 Å². The van der Waals surface area contributed by atoms with Gasteiger partial charge in [0, 0.05) is 6.42 Å². The Balaban J connectivity index is 2.83. The second kappa shape index (κ2) is 5.05. The smallest absolute Gasteiger partial charge is 0.265 e. The molecule has 8 heteroatoms. The van der Waals surface area contributed by atoms with Gasteiger partial charge >= 0.3 is 0 Å². The minimum absolute atomic E-state index is 0.0621. The van der Waals surface area contributed by atoms with Gasteiger partial charge in [0.15, 0.2) is 0 Å². The van der Waals surface area contributed by atoms with Crippen LogP contribution in [0.5, 0.6) is 0 Å². The van der Waals surface area contributed by atoms with Crippen LogP contribution in [0.1, 0.15) is 20.3 Å². The quantitative estimate of drug-likeness (QED) is 0.489. The molecule has 1 aliphatic rings. The molecule has 1 aliphatic heterocycles. The van der Waals surface area contributed by atoms with Gasteiger partial charge in [0.25, 0.3) is 11.8 Å². The van der Waals surface area contributed by atoms with Crippen molar-refractivity contribution in [2.24, 2.45) is 0 Å². The van der Waals surface area contributed by atoms with E-state index in [-0.39, 0.29) is 13.2 Å². The van der Waals surface area contributed by atoms with Crippen LogP contribution in [0.25, 0.3) is 0 Å². The number of amides is 2. The van der Waals surface area contributed by atoms with E-state index in [2.05, 4.69) is 4.52 Å². The number of hydrogen-bond acceptors (Lipinski definition) is 6. The standard InChI is InChI=1S/C8H14NO6P/c1-3-14-9-7(10)5-6(8(9)11)16(12,13)15-4-2/h6H,3-5H2,1-2H3,(H,12,13)/p-1. The first-order chi connectivity index (χ1) is 7.44. The fraction of sp³-hybridized carbons (Fsp3) is 0.750. The van der Waals surface area contributed by atoms with E-state index in [9.17, 15) is 19.0 Å². The van der Waals surface area contributed by atoms with Gasteiger partial charge in [-0.15, -0.1) is 0 Å². The first kappa shape index (κ1) is 13.3. The van der Waals surface area contributed by atoms with Gasteiger partial charge in [0.05, 0.1) is 13.2 Å². The molecule has 1 fully saturated rings. The maximum absolute atomic E-state index is 11.6. The fourth-order valence-corrected chi connectivity index (χ4v) is 2.67. The largest absolute Gasteiger partial charge is 0.778 e. The van der Waals surface area contributed by atoms with E-state index < -0.39 is 31.5 Å². The molecule has 0 aromatic carbocycles. The Labute approximate surface area is 92.8 Å². The van der Waals surface area contributed by atoms with Crippen molar-refractivity contribution in [1.82, 2.24) is 5.06 Å². The molecule has 0 spiro atoms. The summed E-state index contributed by atoms with van der Waals surface area (Å²) in [7, 11) is -4.34. The van der Waals surface area contributed by atoms with E-state index in [0.29, 0.717) is 5.06 Å². The maximum atomic E-state index is 11.6. The number of hydrogen-bond donors (Lipinski definition) is 0. The van der Waals surface area contributed by atoms with Crippen molar-refractivity contribution < 1.29 is 28.4 Å². The van der Waals surface area contributed by atoms with Crippen molar-refractivity contribution in [2.45, 2.75) is 25.9 Å². The molecule has 1 heterocycles. The zero-order valence-electron chi connectivity index (χ0n) is 9.04. The number of carbonyl (C=O) groups is 2. The third-order valence-electron chi connectivity index (χ3n) is 2.03. The second-order valence-corrected chi connectivity index (χ2v) is 5.08. The molecule has 0 radical (unpaired) electrons. The fourth-order valence-electron chi connectivity index (χ4n) is 1.38. The Morgan fingerprint density at radius 2 is 2.06 bits per heavy atom. The first-order valence-corrected chi connectivity index (χ1v) is 6.50. The lowest BCUT2D eigenvalue weighted by molar-refractivity contribution is -0.202. The Morgan fingerprint density at radius 1 is 1.44 bits per heavy atom. The third kappa shape index (κ3) is 2.49. The molecule has 16 heavy (non-hydrogen) atoms. The molecule has 92 valence electrons. The van der Waals surface area contributed by atoms with Gasteiger partial charge in [-0.25, -0.2) is 0 Å². The maximum Gasteiger partial charge on any atom is 0.265 e. The molecule has 7 nitrogen and oxygen atoms in total. The molecule has 0 aromatic rings. The van der Waals surface area contributed by atoms with E-state index >= 15 is 0 Å². The van der Waals surface area contributed by atoms with Gasteiger partial charge in [0.1, 0.15) is 13.3 Å². The monoisotopic (exact) mass is 250 g/mol. The van der Waals surface area contributed by atoms with Crippen LogP contribution in [0.3, 0.4) is 0 Å². The summed E-state index contributed by atoms with van der Waals surface area (Å²) in [5, 5.41) is 0.494. The highest BCUT2D eigenvalue weighted by Gasteiger charge is 2.45. The normalized spacial score (nSPS) is 24.9. The molecule has 0 N–H and O–H groups in total. The summed E-state index contributed by atoms with van der Waals surface area (Å²) in [6.45, 7) is 3.13. The number of carbonyl (C=O) groups excluding carboxylic acids is 2. The lowest BCUT2D eigenvalue weighted by atomic mass is 10.4. The molecule has 1 saturated heterocycles. The summed E-state index contributed by atoms with van der Waals surface area (Å²) in [5.41, 5.74) is -1.45. The molecule has 0 aliphatic carbocycles. The summed E-state index contributed by atoms with van der Waals surface area (Å²) >= 11 is 0. The van der Waals surface area contributed by atoms with E-state index in [1.165, 1.54) is 6.92 Å².